The average molecular weight is 232 g/mol. The second kappa shape index (κ2) is 4.79. The van der Waals surface area contributed by atoms with E-state index in [0.717, 1.165) is 13.0 Å². The molecule has 17 heavy (non-hydrogen) atoms. The first-order valence-electron chi connectivity index (χ1n) is 6.58. The van der Waals surface area contributed by atoms with Crippen LogP contribution < -0.4 is 11.1 Å². The van der Waals surface area contributed by atoms with E-state index in [-0.39, 0.29) is 11.5 Å². The highest BCUT2D eigenvalue weighted by Gasteiger charge is 2.23. The molecule has 1 aliphatic rings. The van der Waals surface area contributed by atoms with E-state index in [4.69, 9.17) is 5.73 Å². The van der Waals surface area contributed by atoms with Gasteiger partial charge in [-0.25, -0.2) is 0 Å². The second-order valence-corrected chi connectivity index (χ2v) is 6.11. The quantitative estimate of drug-likeness (QED) is 0.781. The molecule has 0 aliphatic carbocycles. The van der Waals surface area contributed by atoms with Crippen molar-refractivity contribution in [3.8, 4) is 0 Å². The number of hydrogen-bond acceptors (Lipinski definition) is 2. The zero-order valence-corrected chi connectivity index (χ0v) is 11.2. The molecule has 3 N–H and O–H groups in total. The number of rotatable bonds is 1. The molecular formula is C15H24N2. The topological polar surface area (TPSA) is 38.0 Å². The van der Waals surface area contributed by atoms with E-state index in [2.05, 4.69) is 50.4 Å². The molecule has 1 aromatic rings. The molecule has 0 bridgehead atoms. The Morgan fingerprint density at radius 2 is 1.82 bits per heavy atom. The highest BCUT2D eigenvalue weighted by molar-refractivity contribution is 5.30. The molecule has 94 valence electrons. The first-order chi connectivity index (χ1) is 7.98. The van der Waals surface area contributed by atoms with Gasteiger partial charge in [0.05, 0.1) is 0 Å². The molecule has 1 heterocycles. The summed E-state index contributed by atoms with van der Waals surface area (Å²) in [6.07, 6.45) is 2.32. The third kappa shape index (κ3) is 2.88. The highest BCUT2D eigenvalue weighted by atomic mass is 15.0. The minimum atomic E-state index is 0.223. The number of benzene rings is 1. The Kier molecular flexibility index (Phi) is 3.55. The second-order valence-electron chi connectivity index (χ2n) is 6.11. The van der Waals surface area contributed by atoms with Crippen LogP contribution in [0.25, 0.3) is 0 Å². The number of hydrogen-bond donors (Lipinski definition) is 2. The number of nitrogens with two attached hydrogens (primary N) is 1. The van der Waals surface area contributed by atoms with Gasteiger partial charge in [0.1, 0.15) is 0 Å². The first kappa shape index (κ1) is 12.6. The van der Waals surface area contributed by atoms with Gasteiger partial charge >= 0.3 is 0 Å². The standard InChI is InChI=1S/C15H24N2/c1-15(2,3)12-8-6-11(7-9-12)14-13(16)5-4-10-17-14/h6-9,13-14,17H,4-5,10,16H2,1-3H3. The van der Waals surface area contributed by atoms with E-state index in [0.29, 0.717) is 6.04 Å². The van der Waals surface area contributed by atoms with Crippen molar-refractivity contribution in [3.05, 3.63) is 35.4 Å². The molecule has 1 saturated heterocycles. The fourth-order valence-corrected chi connectivity index (χ4v) is 2.47. The summed E-state index contributed by atoms with van der Waals surface area (Å²) in [6.45, 7) is 7.81. The van der Waals surface area contributed by atoms with Crippen molar-refractivity contribution in [2.75, 3.05) is 6.54 Å². The molecule has 0 amide bonds. The molecular weight excluding hydrogens is 208 g/mol. The summed E-state index contributed by atoms with van der Waals surface area (Å²) in [5, 5.41) is 3.52. The molecule has 0 aromatic heterocycles. The highest BCUT2D eigenvalue weighted by Crippen LogP contribution is 2.26. The summed E-state index contributed by atoms with van der Waals surface area (Å²) in [7, 11) is 0. The molecule has 0 radical (unpaired) electrons. The minimum Gasteiger partial charge on any atom is -0.326 e. The normalized spacial score (nSPS) is 25.9. The van der Waals surface area contributed by atoms with Crippen LogP contribution in [0.3, 0.4) is 0 Å². The van der Waals surface area contributed by atoms with E-state index < -0.39 is 0 Å². The molecule has 2 rings (SSSR count). The fraction of sp³-hybridized carbons (Fsp3) is 0.600. The summed E-state index contributed by atoms with van der Waals surface area (Å²) >= 11 is 0. The SMILES string of the molecule is CC(C)(C)c1ccc(C2NCCCC2N)cc1. The molecule has 2 heteroatoms. The average Bonchev–Trinajstić information content (AvgIpc) is 2.29. The Morgan fingerprint density at radius 1 is 1.18 bits per heavy atom. The number of nitrogens with one attached hydrogen (secondary N) is 1. The van der Waals surface area contributed by atoms with Crippen LogP contribution >= 0.6 is 0 Å². The molecule has 2 unspecified atom stereocenters. The van der Waals surface area contributed by atoms with E-state index in [1.54, 1.807) is 0 Å². The molecule has 0 spiro atoms. The van der Waals surface area contributed by atoms with E-state index >= 15 is 0 Å². The fourth-order valence-electron chi connectivity index (χ4n) is 2.47. The van der Waals surface area contributed by atoms with Crippen LogP contribution in [0.2, 0.25) is 0 Å². The van der Waals surface area contributed by atoms with Crippen molar-refractivity contribution in [1.82, 2.24) is 5.32 Å². The van der Waals surface area contributed by atoms with Crippen LogP contribution in [0.4, 0.5) is 0 Å². The van der Waals surface area contributed by atoms with Gasteiger partial charge < -0.3 is 11.1 Å². The van der Waals surface area contributed by atoms with Crippen LogP contribution in [0.1, 0.15) is 50.8 Å². The summed E-state index contributed by atoms with van der Waals surface area (Å²) in [5.74, 6) is 0. The van der Waals surface area contributed by atoms with E-state index in [9.17, 15) is 0 Å². The third-order valence-corrected chi connectivity index (χ3v) is 3.64. The van der Waals surface area contributed by atoms with Crippen molar-refractivity contribution >= 4 is 0 Å². The summed E-state index contributed by atoms with van der Waals surface area (Å²) in [5.41, 5.74) is 9.10. The predicted molar refractivity (Wildman–Crippen MR) is 73.1 cm³/mol. The summed E-state index contributed by atoms with van der Waals surface area (Å²) < 4.78 is 0. The Hall–Kier alpha value is -0.860. The Bertz CT molecular complexity index is 362. The maximum Gasteiger partial charge on any atom is 0.0473 e. The van der Waals surface area contributed by atoms with Gasteiger partial charge in [-0.1, -0.05) is 45.0 Å². The zero-order valence-electron chi connectivity index (χ0n) is 11.2. The smallest absolute Gasteiger partial charge is 0.0473 e. The van der Waals surface area contributed by atoms with Crippen LogP contribution in [0.5, 0.6) is 0 Å². The van der Waals surface area contributed by atoms with Gasteiger partial charge in [-0.15, -0.1) is 0 Å². The molecule has 1 aliphatic heterocycles. The van der Waals surface area contributed by atoms with E-state index in [1.165, 1.54) is 17.5 Å². The van der Waals surface area contributed by atoms with Gasteiger partial charge in [0.15, 0.2) is 0 Å². The molecule has 2 atom stereocenters. The van der Waals surface area contributed by atoms with Crippen molar-refractivity contribution < 1.29 is 0 Å². The van der Waals surface area contributed by atoms with Crippen molar-refractivity contribution in [1.29, 1.82) is 0 Å². The van der Waals surface area contributed by atoms with Gasteiger partial charge in [0.25, 0.3) is 0 Å². The van der Waals surface area contributed by atoms with Gasteiger partial charge in [0.2, 0.25) is 0 Å². The third-order valence-electron chi connectivity index (χ3n) is 3.64. The Labute approximate surface area is 105 Å². The molecule has 1 aromatic carbocycles. The lowest BCUT2D eigenvalue weighted by molar-refractivity contribution is 0.358. The molecule has 0 saturated carbocycles. The molecule has 2 nitrogen and oxygen atoms in total. The largest absolute Gasteiger partial charge is 0.326 e. The number of piperidine rings is 1. The van der Waals surface area contributed by atoms with Crippen LogP contribution in [0, 0.1) is 0 Å². The lowest BCUT2D eigenvalue weighted by Crippen LogP contribution is -2.42. The van der Waals surface area contributed by atoms with E-state index in [1.807, 2.05) is 0 Å². The van der Waals surface area contributed by atoms with Crippen molar-refractivity contribution in [2.24, 2.45) is 5.73 Å². The van der Waals surface area contributed by atoms with Crippen molar-refractivity contribution in [3.63, 3.8) is 0 Å². The van der Waals surface area contributed by atoms with Gasteiger partial charge in [0, 0.05) is 12.1 Å². The van der Waals surface area contributed by atoms with Gasteiger partial charge in [-0.3, -0.25) is 0 Å². The summed E-state index contributed by atoms with van der Waals surface area (Å²) in [6, 6.07) is 9.51. The molecule has 1 fully saturated rings. The Morgan fingerprint density at radius 3 is 2.35 bits per heavy atom. The monoisotopic (exact) mass is 232 g/mol. The van der Waals surface area contributed by atoms with Crippen LogP contribution in [-0.2, 0) is 5.41 Å². The van der Waals surface area contributed by atoms with Gasteiger partial charge in [-0.05, 0) is 35.9 Å². The maximum absolute atomic E-state index is 6.17. The van der Waals surface area contributed by atoms with Crippen LogP contribution in [-0.4, -0.2) is 12.6 Å². The summed E-state index contributed by atoms with van der Waals surface area (Å²) in [4.78, 5) is 0. The predicted octanol–water partition coefficient (Wildman–Crippen LogP) is 2.74. The maximum atomic E-state index is 6.17. The first-order valence-corrected chi connectivity index (χ1v) is 6.58. The zero-order chi connectivity index (χ0) is 12.5. The lowest BCUT2D eigenvalue weighted by Gasteiger charge is -2.30. The van der Waals surface area contributed by atoms with Crippen molar-refractivity contribution in [2.45, 2.75) is 51.1 Å². The van der Waals surface area contributed by atoms with Gasteiger partial charge in [-0.2, -0.15) is 0 Å². The Balaban J connectivity index is 2.17. The minimum absolute atomic E-state index is 0.223. The lowest BCUT2D eigenvalue weighted by atomic mass is 9.85. The van der Waals surface area contributed by atoms with Crippen LogP contribution in [0.15, 0.2) is 24.3 Å².